The number of hydrogen-bond acceptors (Lipinski definition) is 3. The molecule has 1 fully saturated rings. The fraction of sp³-hybridized carbons (Fsp3) is 0.375. The number of rotatable bonds is 4. The Labute approximate surface area is 124 Å². The van der Waals surface area contributed by atoms with E-state index < -0.39 is 0 Å². The summed E-state index contributed by atoms with van der Waals surface area (Å²) in [4.78, 5) is 9.26. The van der Waals surface area contributed by atoms with Gasteiger partial charge < -0.3 is 5.32 Å². The van der Waals surface area contributed by atoms with E-state index in [-0.39, 0.29) is 0 Å². The Morgan fingerprint density at radius 1 is 1.15 bits per heavy atom. The summed E-state index contributed by atoms with van der Waals surface area (Å²) in [6.45, 7) is 4.93. The molecule has 4 heteroatoms. The summed E-state index contributed by atoms with van der Waals surface area (Å²) in [5.41, 5.74) is 4.15. The third-order valence-corrected chi connectivity index (χ3v) is 4.01. The van der Waals surface area contributed by atoms with Gasteiger partial charge in [0.1, 0.15) is 0 Å². The highest BCUT2D eigenvalue weighted by Gasteiger charge is 2.21. The normalized spacial score (nSPS) is 14.6. The molecule has 0 saturated heterocycles. The molecule has 1 aromatic carbocycles. The van der Waals surface area contributed by atoms with Gasteiger partial charge in [0, 0.05) is 35.1 Å². The molecule has 1 N–H and O–H groups in total. The highest BCUT2D eigenvalue weighted by atomic mass is 35.5. The van der Waals surface area contributed by atoms with Crippen LogP contribution in [0, 0.1) is 13.8 Å². The summed E-state index contributed by atoms with van der Waals surface area (Å²) < 4.78 is 0. The predicted octanol–water partition coefficient (Wildman–Crippen LogP) is 3.67. The standard InChI is InChI=1S/C16H18ClN3/c1-10-14(9-18-12-7-8-12)11(2)20-16(19-10)13-5-3-4-6-15(13)17/h3-6,12,18H,7-9H2,1-2H3. The molecule has 0 amide bonds. The Morgan fingerprint density at radius 3 is 2.40 bits per heavy atom. The molecule has 1 aromatic heterocycles. The lowest BCUT2D eigenvalue weighted by Crippen LogP contribution is -2.18. The lowest BCUT2D eigenvalue weighted by Gasteiger charge is -2.12. The minimum absolute atomic E-state index is 0.690. The van der Waals surface area contributed by atoms with E-state index in [0.29, 0.717) is 16.9 Å². The van der Waals surface area contributed by atoms with Crippen LogP contribution >= 0.6 is 11.6 Å². The van der Waals surface area contributed by atoms with Crippen molar-refractivity contribution in [2.75, 3.05) is 0 Å². The zero-order valence-electron chi connectivity index (χ0n) is 11.8. The van der Waals surface area contributed by atoms with Crippen molar-refractivity contribution in [2.24, 2.45) is 0 Å². The van der Waals surface area contributed by atoms with Crippen molar-refractivity contribution in [3.63, 3.8) is 0 Å². The number of aromatic nitrogens is 2. The van der Waals surface area contributed by atoms with E-state index >= 15 is 0 Å². The van der Waals surface area contributed by atoms with Crippen molar-refractivity contribution in [1.29, 1.82) is 0 Å². The highest BCUT2D eigenvalue weighted by Crippen LogP contribution is 2.26. The first-order valence-electron chi connectivity index (χ1n) is 6.97. The van der Waals surface area contributed by atoms with Crippen molar-refractivity contribution >= 4 is 11.6 Å². The van der Waals surface area contributed by atoms with Gasteiger partial charge in [-0.15, -0.1) is 0 Å². The molecule has 1 heterocycles. The second-order valence-electron chi connectivity index (χ2n) is 5.33. The lowest BCUT2D eigenvalue weighted by atomic mass is 10.1. The highest BCUT2D eigenvalue weighted by molar-refractivity contribution is 6.33. The molecule has 1 aliphatic rings. The SMILES string of the molecule is Cc1nc(-c2ccccc2Cl)nc(C)c1CNC1CC1. The summed E-state index contributed by atoms with van der Waals surface area (Å²) in [6, 6.07) is 8.39. The first-order chi connectivity index (χ1) is 9.65. The van der Waals surface area contributed by atoms with E-state index in [2.05, 4.69) is 15.3 Å². The van der Waals surface area contributed by atoms with E-state index in [9.17, 15) is 0 Å². The molecule has 3 rings (SSSR count). The zero-order chi connectivity index (χ0) is 14.1. The first-order valence-corrected chi connectivity index (χ1v) is 7.35. The van der Waals surface area contributed by atoms with Crippen LogP contribution in [0.5, 0.6) is 0 Å². The van der Waals surface area contributed by atoms with Crippen LogP contribution in [-0.2, 0) is 6.54 Å². The molecule has 104 valence electrons. The van der Waals surface area contributed by atoms with Gasteiger partial charge in [-0.2, -0.15) is 0 Å². The van der Waals surface area contributed by atoms with Gasteiger partial charge in [-0.05, 0) is 38.8 Å². The van der Waals surface area contributed by atoms with Crippen LogP contribution in [0.1, 0.15) is 29.8 Å². The smallest absolute Gasteiger partial charge is 0.161 e. The van der Waals surface area contributed by atoms with Gasteiger partial charge >= 0.3 is 0 Å². The Bertz CT molecular complexity index is 612. The van der Waals surface area contributed by atoms with Gasteiger partial charge in [-0.3, -0.25) is 0 Å². The van der Waals surface area contributed by atoms with Crippen molar-refractivity contribution in [1.82, 2.24) is 15.3 Å². The van der Waals surface area contributed by atoms with Crippen LogP contribution in [-0.4, -0.2) is 16.0 Å². The van der Waals surface area contributed by atoms with E-state index in [4.69, 9.17) is 11.6 Å². The Morgan fingerprint density at radius 2 is 1.80 bits per heavy atom. The average Bonchev–Trinajstić information content (AvgIpc) is 3.22. The summed E-state index contributed by atoms with van der Waals surface area (Å²) in [5, 5.41) is 4.21. The summed E-state index contributed by atoms with van der Waals surface area (Å²) in [7, 11) is 0. The number of nitrogens with zero attached hydrogens (tertiary/aromatic N) is 2. The minimum Gasteiger partial charge on any atom is -0.310 e. The van der Waals surface area contributed by atoms with Gasteiger partial charge in [0.05, 0.1) is 5.02 Å². The van der Waals surface area contributed by atoms with Gasteiger partial charge in [0.15, 0.2) is 5.82 Å². The van der Waals surface area contributed by atoms with Gasteiger partial charge in [-0.25, -0.2) is 9.97 Å². The number of benzene rings is 1. The maximum atomic E-state index is 6.22. The topological polar surface area (TPSA) is 37.8 Å². The molecule has 0 spiro atoms. The van der Waals surface area contributed by atoms with Crippen molar-refractivity contribution in [3.05, 3.63) is 46.2 Å². The third-order valence-electron chi connectivity index (χ3n) is 3.68. The number of halogens is 1. The maximum Gasteiger partial charge on any atom is 0.161 e. The van der Waals surface area contributed by atoms with Crippen molar-refractivity contribution in [3.8, 4) is 11.4 Å². The van der Waals surface area contributed by atoms with Crippen LogP contribution in [0.3, 0.4) is 0 Å². The molecule has 0 aliphatic heterocycles. The summed E-state index contributed by atoms with van der Waals surface area (Å²) in [5.74, 6) is 0.709. The van der Waals surface area contributed by atoms with E-state index in [0.717, 1.165) is 23.5 Å². The van der Waals surface area contributed by atoms with Crippen LogP contribution in [0.15, 0.2) is 24.3 Å². The molecule has 1 saturated carbocycles. The van der Waals surface area contributed by atoms with E-state index in [1.165, 1.54) is 18.4 Å². The van der Waals surface area contributed by atoms with Crippen LogP contribution in [0.2, 0.25) is 5.02 Å². The third kappa shape index (κ3) is 2.84. The quantitative estimate of drug-likeness (QED) is 0.932. The number of aryl methyl sites for hydroxylation is 2. The second-order valence-corrected chi connectivity index (χ2v) is 5.74. The molecule has 1 aliphatic carbocycles. The largest absolute Gasteiger partial charge is 0.310 e. The Hall–Kier alpha value is -1.45. The van der Waals surface area contributed by atoms with Crippen molar-refractivity contribution in [2.45, 2.75) is 39.3 Å². The first kappa shape index (κ1) is 13.5. The molecular weight excluding hydrogens is 270 g/mol. The minimum atomic E-state index is 0.690. The monoisotopic (exact) mass is 287 g/mol. The molecule has 0 unspecified atom stereocenters. The Balaban J connectivity index is 1.92. The second kappa shape index (κ2) is 5.51. The van der Waals surface area contributed by atoms with Crippen LogP contribution in [0.4, 0.5) is 0 Å². The van der Waals surface area contributed by atoms with Crippen LogP contribution < -0.4 is 5.32 Å². The van der Waals surface area contributed by atoms with Gasteiger partial charge in [0.25, 0.3) is 0 Å². The van der Waals surface area contributed by atoms with E-state index in [1.807, 2.05) is 38.1 Å². The zero-order valence-corrected chi connectivity index (χ0v) is 12.5. The number of hydrogen-bond donors (Lipinski definition) is 1. The lowest BCUT2D eigenvalue weighted by molar-refractivity contribution is 0.675. The van der Waals surface area contributed by atoms with Gasteiger partial charge in [-0.1, -0.05) is 23.7 Å². The Kier molecular flexibility index (Phi) is 3.72. The molecule has 0 bridgehead atoms. The van der Waals surface area contributed by atoms with Gasteiger partial charge in [0.2, 0.25) is 0 Å². The molecule has 20 heavy (non-hydrogen) atoms. The van der Waals surface area contributed by atoms with Crippen LogP contribution in [0.25, 0.3) is 11.4 Å². The summed E-state index contributed by atoms with van der Waals surface area (Å²) in [6.07, 6.45) is 2.58. The molecular formula is C16H18ClN3. The number of nitrogens with one attached hydrogen (secondary N) is 1. The summed E-state index contributed by atoms with van der Waals surface area (Å²) >= 11 is 6.22. The predicted molar refractivity (Wildman–Crippen MR) is 81.8 cm³/mol. The molecule has 0 radical (unpaired) electrons. The van der Waals surface area contributed by atoms with E-state index in [1.54, 1.807) is 0 Å². The fourth-order valence-corrected chi connectivity index (χ4v) is 2.51. The molecule has 3 nitrogen and oxygen atoms in total. The maximum absolute atomic E-state index is 6.22. The fourth-order valence-electron chi connectivity index (χ4n) is 2.29. The molecule has 2 aromatic rings. The van der Waals surface area contributed by atoms with Crippen molar-refractivity contribution < 1.29 is 0 Å². The average molecular weight is 288 g/mol. The molecule has 0 atom stereocenters.